The highest BCUT2D eigenvalue weighted by molar-refractivity contribution is 5.71. The Morgan fingerprint density at radius 3 is 2.43 bits per heavy atom. The van der Waals surface area contributed by atoms with E-state index >= 15 is 0 Å². The molecule has 2 unspecified atom stereocenters. The molecular formula is C29H32F3NO4. The summed E-state index contributed by atoms with van der Waals surface area (Å²) in [4.78, 5) is 11.3. The molecule has 0 aliphatic rings. The van der Waals surface area contributed by atoms with Crippen LogP contribution in [0.3, 0.4) is 0 Å². The van der Waals surface area contributed by atoms with Crippen molar-refractivity contribution < 1.29 is 32.5 Å². The van der Waals surface area contributed by atoms with Crippen LogP contribution in [-0.4, -0.2) is 31.3 Å². The number of ether oxygens (including phenoxy) is 2. The molecule has 0 saturated heterocycles. The van der Waals surface area contributed by atoms with Gasteiger partial charge < -0.3 is 19.9 Å². The van der Waals surface area contributed by atoms with E-state index in [0.717, 1.165) is 34.6 Å². The molecule has 37 heavy (non-hydrogen) atoms. The maximum atomic E-state index is 13.7. The molecule has 3 aromatic carbocycles. The van der Waals surface area contributed by atoms with E-state index in [1.54, 1.807) is 38.3 Å². The van der Waals surface area contributed by atoms with Gasteiger partial charge in [-0.15, -0.1) is 0 Å². The third kappa shape index (κ3) is 7.73. The Labute approximate surface area is 215 Å². The molecule has 8 heteroatoms. The fourth-order valence-electron chi connectivity index (χ4n) is 3.97. The maximum Gasteiger partial charge on any atom is 0.416 e. The molecule has 0 aliphatic carbocycles. The van der Waals surface area contributed by atoms with Gasteiger partial charge >= 0.3 is 12.1 Å². The number of aliphatic carboxylic acids is 1. The highest BCUT2D eigenvalue weighted by Crippen LogP contribution is 2.36. The molecule has 0 amide bonds. The number of carboxylic acid groups (broad SMARTS) is 1. The zero-order valence-electron chi connectivity index (χ0n) is 21.4. The van der Waals surface area contributed by atoms with Crippen molar-refractivity contribution >= 4 is 5.97 Å². The summed E-state index contributed by atoms with van der Waals surface area (Å²) in [6, 6.07) is 16.6. The van der Waals surface area contributed by atoms with Crippen LogP contribution in [0.15, 0.2) is 60.7 Å². The summed E-state index contributed by atoms with van der Waals surface area (Å²) in [6.45, 7) is 6.04. The molecule has 0 fully saturated rings. The van der Waals surface area contributed by atoms with Gasteiger partial charge in [0.15, 0.2) is 0 Å². The van der Waals surface area contributed by atoms with Crippen molar-refractivity contribution in [2.75, 3.05) is 20.3 Å². The molecule has 0 spiro atoms. The lowest BCUT2D eigenvalue weighted by molar-refractivity contribution is -0.141. The summed E-state index contributed by atoms with van der Waals surface area (Å²) in [5, 5.41) is 12.6. The molecule has 0 aliphatic heterocycles. The lowest BCUT2D eigenvalue weighted by atomic mass is 9.93. The Bertz CT molecular complexity index is 1230. The first-order valence-corrected chi connectivity index (χ1v) is 12.0. The Balaban J connectivity index is 1.76. The molecule has 198 valence electrons. The molecule has 2 N–H and O–H groups in total. The standard InChI is InChI=1S/C29H32F3NO4/c1-18-8-9-22(13-23(18)12-19(2)28(34)35)24-14-25(29(30,31)32)17-27(16-24)37-11-10-33-20(3)21-6-5-7-26(15-21)36-4/h5-9,13-17,19-20,33H,10-12H2,1-4H3,(H,34,35). The fraction of sp³-hybridized carbons (Fsp3) is 0.345. The first-order valence-electron chi connectivity index (χ1n) is 12.0. The van der Waals surface area contributed by atoms with Crippen molar-refractivity contribution in [1.82, 2.24) is 5.32 Å². The quantitative estimate of drug-likeness (QED) is 0.279. The number of hydrogen-bond acceptors (Lipinski definition) is 4. The molecular weight excluding hydrogens is 483 g/mol. The number of hydrogen-bond donors (Lipinski definition) is 2. The number of aryl methyl sites for hydroxylation is 1. The lowest BCUT2D eigenvalue weighted by Gasteiger charge is -2.17. The van der Waals surface area contributed by atoms with Crippen LogP contribution in [-0.2, 0) is 17.4 Å². The Hall–Kier alpha value is -3.52. The van der Waals surface area contributed by atoms with Crippen molar-refractivity contribution in [2.24, 2.45) is 5.92 Å². The summed E-state index contributed by atoms with van der Waals surface area (Å²) in [5.74, 6) is -0.674. The monoisotopic (exact) mass is 515 g/mol. The summed E-state index contributed by atoms with van der Waals surface area (Å²) >= 11 is 0. The zero-order valence-corrected chi connectivity index (χ0v) is 21.4. The number of rotatable bonds is 11. The second kappa shape index (κ2) is 12.1. The SMILES string of the molecule is COc1cccc(C(C)NCCOc2cc(-c3ccc(C)c(CC(C)C(=O)O)c3)cc(C(F)(F)F)c2)c1. The molecule has 3 rings (SSSR count). The van der Waals surface area contributed by atoms with Gasteiger partial charge in [-0.05, 0) is 78.4 Å². The number of methoxy groups -OCH3 is 1. The first-order chi connectivity index (χ1) is 17.5. The van der Waals surface area contributed by atoms with Gasteiger partial charge in [0.25, 0.3) is 0 Å². The van der Waals surface area contributed by atoms with Gasteiger partial charge in [-0.25, -0.2) is 0 Å². The Morgan fingerprint density at radius 2 is 1.76 bits per heavy atom. The van der Waals surface area contributed by atoms with Crippen LogP contribution < -0.4 is 14.8 Å². The average molecular weight is 516 g/mol. The molecule has 3 aromatic rings. The van der Waals surface area contributed by atoms with Gasteiger partial charge in [0, 0.05) is 12.6 Å². The van der Waals surface area contributed by atoms with Gasteiger partial charge in [-0.2, -0.15) is 13.2 Å². The molecule has 0 saturated carbocycles. The normalized spacial score (nSPS) is 13.2. The highest BCUT2D eigenvalue weighted by atomic mass is 19.4. The third-order valence-electron chi connectivity index (χ3n) is 6.28. The number of carbonyl (C=O) groups is 1. The van der Waals surface area contributed by atoms with Crippen LogP contribution >= 0.6 is 0 Å². The minimum Gasteiger partial charge on any atom is -0.497 e. The molecule has 0 radical (unpaired) electrons. The second-order valence-corrected chi connectivity index (χ2v) is 9.13. The Morgan fingerprint density at radius 1 is 1.00 bits per heavy atom. The largest absolute Gasteiger partial charge is 0.497 e. The van der Waals surface area contributed by atoms with Gasteiger partial charge in [0.1, 0.15) is 18.1 Å². The topological polar surface area (TPSA) is 67.8 Å². The van der Waals surface area contributed by atoms with Crippen LogP contribution in [0.5, 0.6) is 11.5 Å². The van der Waals surface area contributed by atoms with Crippen LogP contribution in [0.4, 0.5) is 13.2 Å². The fourth-order valence-corrected chi connectivity index (χ4v) is 3.97. The van der Waals surface area contributed by atoms with Gasteiger partial charge in [-0.1, -0.05) is 37.3 Å². The van der Waals surface area contributed by atoms with E-state index < -0.39 is 23.6 Å². The van der Waals surface area contributed by atoms with E-state index in [2.05, 4.69) is 5.32 Å². The van der Waals surface area contributed by atoms with E-state index in [4.69, 9.17) is 9.47 Å². The van der Waals surface area contributed by atoms with Crippen LogP contribution in [0.2, 0.25) is 0 Å². The number of nitrogens with one attached hydrogen (secondary N) is 1. The van der Waals surface area contributed by atoms with E-state index in [1.165, 1.54) is 0 Å². The minimum atomic E-state index is -4.54. The van der Waals surface area contributed by atoms with Crippen molar-refractivity contribution in [1.29, 1.82) is 0 Å². The first kappa shape index (κ1) is 28.1. The van der Waals surface area contributed by atoms with Crippen LogP contribution in [0.1, 0.15) is 42.1 Å². The van der Waals surface area contributed by atoms with Crippen molar-refractivity contribution in [2.45, 2.75) is 39.4 Å². The van der Waals surface area contributed by atoms with E-state index in [0.29, 0.717) is 17.7 Å². The summed E-state index contributed by atoms with van der Waals surface area (Å²) in [6.07, 6.45) is -4.26. The lowest BCUT2D eigenvalue weighted by Crippen LogP contribution is -2.24. The molecule has 5 nitrogen and oxygen atoms in total. The number of halogens is 3. The van der Waals surface area contributed by atoms with Crippen molar-refractivity contribution in [3.8, 4) is 22.6 Å². The predicted octanol–water partition coefficient (Wildman–Crippen LogP) is 6.68. The van der Waals surface area contributed by atoms with Crippen molar-refractivity contribution in [3.63, 3.8) is 0 Å². The highest BCUT2D eigenvalue weighted by Gasteiger charge is 2.31. The molecule has 2 atom stereocenters. The molecule has 0 aromatic heterocycles. The van der Waals surface area contributed by atoms with Gasteiger partial charge in [0.2, 0.25) is 0 Å². The van der Waals surface area contributed by atoms with E-state index in [9.17, 15) is 23.1 Å². The average Bonchev–Trinajstić information content (AvgIpc) is 2.87. The number of carboxylic acids is 1. The molecule has 0 heterocycles. The Kier molecular flexibility index (Phi) is 9.21. The maximum absolute atomic E-state index is 13.7. The van der Waals surface area contributed by atoms with Crippen LogP contribution in [0.25, 0.3) is 11.1 Å². The smallest absolute Gasteiger partial charge is 0.416 e. The minimum absolute atomic E-state index is 0.00468. The number of benzene rings is 3. The van der Waals surface area contributed by atoms with Crippen LogP contribution in [0, 0.1) is 12.8 Å². The van der Waals surface area contributed by atoms with E-state index in [-0.39, 0.29) is 24.8 Å². The summed E-state index contributed by atoms with van der Waals surface area (Å²) < 4.78 is 52.0. The second-order valence-electron chi connectivity index (χ2n) is 9.13. The summed E-state index contributed by atoms with van der Waals surface area (Å²) in [5.41, 5.74) is 2.80. The predicted molar refractivity (Wildman–Crippen MR) is 137 cm³/mol. The van der Waals surface area contributed by atoms with E-state index in [1.807, 2.05) is 38.1 Å². The van der Waals surface area contributed by atoms with Gasteiger partial charge in [-0.3, -0.25) is 4.79 Å². The number of alkyl halides is 3. The van der Waals surface area contributed by atoms with Crippen molar-refractivity contribution in [3.05, 3.63) is 82.9 Å². The third-order valence-corrected chi connectivity index (χ3v) is 6.28. The molecule has 0 bridgehead atoms. The van der Waals surface area contributed by atoms with Gasteiger partial charge in [0.05, 0.1) is 18.6 Å². The zero-order chi connectivity index (χ0) is 27.2. The summed E-state index contributed by atoms with van der Waals surface area (Å²) in [7, 11) is 1.60.